The summed E-state index contributed by atoms with van der Waals surface area (Å²) in [5, 5.41) is 18.4. The van der Waals surface area contributed by atoms with E-state index in [0.717, 1.165) is 31.1 Å². The second-order valence-electron chi connectivity index (χ2n) is 7.83. The van der Waals surface area contributed by atoms with Crippen molar-refractivity contribution >= 4 is 28.6 Å². The molecule has 29 heavy (non-hydrogen) atoms. The van der Waals surface area contributed by atoms with E-state index in [4.69, 9.17) is 4.98 Å². The molecule has 1 aliphatic carbocycles. The fourth-order valence-corrected chi connectivity index (χ4v) is 3.75. The van der Waals surface area contributed by atoms with Crippen molar-refractivity contribution in [1.29, 1.82) is 0 Å². The summed E-state index contributed by atoms with van der Waals surface area (Å²) in [7, 11) is 0. The smallest absolute Gasteiger partial charge is 0.262 e. The van der Waals surface area contributed by atoms with Gasteiger partial charge in [0.1, 0.15) is 17.5 Å². The Kier molecular flexibility index (Phi) is 6.37. The standard InChI is InChI=1S/C22H31N5O2/c1-5-17(23-6-2)25-18-14-15-10-13-27(7-3)21(28)19(15)20(26-18)24-16-8-11-22(4,29)12-9-16/h5-6,10,13-14,16,29H,7-9,11-12H2,1-4H3,(H2,24,25,26)/b17-5+,23-6-. The molecule has 0 radical (unpaired) electrons. The third-order valence-electron chi connectivity index (χ3n) is 5.50. The molecule has 0 aliphatic heterocycles. The molecule has 1 aliphatic rings. The average molecular weight is 398 g/mol. The second kappa shape index (κ2) is 8.78. The molecule has 0 saturated heterocycles. The summed E-state index contributed by atoms with van der Waals surface area (Å²) in [6, 6.07) is 4.00. The van der Waals surface area contributed by atoms with E-state index in [1.807, 2.05) is 52.1 Å². The number of rotatable bonds is 6. The van der Waals surface area contributed by atoms with Gasteiger partial charge in [0.05, 0.1) is 11.0 Å². The van der Waals surface area contributed by atoms with Crippen LogP contribution in [0.25, 0.3) is 10.8 Å². The zero-order chi connectivity index (χ0) is 21.0. The lowest BCUT2D eigenvalue weighted by atomic mass is 9.83. The Morgan fingerprint density at radius 1 is 1.41 bits per heavy atom. The molecule has 3 rings (SSSR count). The van der Waals surface area contributed by atoms with Crippen molar-refractivity contribution in [2.75, 3.05) is 10.6 Å². The first-order valence-corrected chi connectivity index (χ1v) is 10.3. The van der Waals surface area contributed by atoms with E-state index >= 15 is 0 Å². The Bertz CT molecular complexity index is 981. The largest absolute Gasteiger partial charge is 0.390 e. The Hall–Kier alpha value is -2.67. The van der Waals surface area contributed by atoms with Crippen LogP contribution in [0, 0.1) is 0 Å². The molecule has 7 nitrogen and oxygen atoms in total. The van der Waals surface area contributed by atoms with Gasteiger partial charge in [-0.1, -0.05) is 0 Å². The lowest BCUT2D eigenvalue weighted by Gasteiger charge is -2.33. The van der Waals surface area contributed by atoms with Crippen LogP contribution in [0.4, 0.5) is 11.6 Å². The van der Waals surface area contributed by atoms with E-state index in [-0.39, 0.29) is 11.6 Å². The van der Waals surface area contributed by atoms with Gasteiger partial charge >= 0.3 is 0 Å². The molecular weight excluding hydrogens is 366 g/mol. The van der Waals surface area contributed by atoms with E-state index < -0.39 is 5.60 Å². The van der Waals surface area contributed by atoms with Crippen LogP contribution in [0.5, 0.6) is 0 Å². The molecule has 2 aromatic rings. The number of aliphatic imine (C=N–C) groups is 1. The molecular formula is C22H31N5O2. The number of aliphatic hydroxyl groups is 1. The minimum absolute atomic E-state index is 0.0489. The first-order valence-electron chi connectivity index (χ1n) is 10.3. The van der Waals surface area contributed by atoms with Crippen LogP contribution in [0.2, 0.25) is 0 Å². The molecule has 156 valence electrons. The van der Waals surface area contributed by atoms with Gasteiger partial charge in [-0.25, -0.2) is 9.98 Å². The molecule has 3 N–H and O–H groups in total. The summed E-state index contributed by atoms with van der Waals surface area (Å²) in [6.07, 6.45) is 8.54. The number of pyridine rings is 2. The van der Waals surface area contributed by atoms with Gasteiger partial charge in [0.25, 0.3) is 5.56 Å². The summed E-state index contributed by atoms with van der Waals surface area (Å²) in [5.41, 5.74) is -0.655. The summed E-state index contributed by atoms with van der Waals surface area (Å²) < 4.78 is 1.69. The van der Waals surface area contributed by atoms with E-state index in [0.29, 0.717) is 29.4 Å². The summed E-state index contributed by atoms with van der Waals surface area (Å²) in [5.74, 6) is 1.91. The van der Waals surface area contributed by atoms with Crippen LogP contribution < -0.4 is 16.2 Å². The van der Waals surface area contributed by atoms with E-state index in [1.165, 1.54) is 0 Å². The van der Waals surface area contributed by atoms with Crippen LogP contribution >= 0.6 is 0 Å². The number of aromatic nitrogens is 2. The van der Waals surface area contributed by atoms with Gasteiger partial charge in [0.15, 0.2) is 0 Å². The van der Waals surface area contributed by atoms with Gasteiger partial charge < -0.3 is 20.3 Å². The lowest BCUT2D eigenvalue weighted by Crippen LogP contribution is -2.36. The van der Waals surface area contributed by atoms with E-state index in [1.54, 1.807) is 10.8 Å². The number of fused-ring (bicyclic) bond motifs is 1. The highest BCUT2D eigenvalue weighted by molar-refractivity contribution is 5.93. The van der Waals surface area contributed by atoms with E-state index in [9.17, 15) is 9.90 Å². The molecule has 2 aromatic heterocycles. The third-order valence-corrected chi connectivity index (χ3v) is 5.50. The van der Waals surface area contributed by atoms with Crippen LogP contribution in [-0.4, -0.2) is 32.5 Å². The topological polar surface area (TPSA) is 91.5 Å². The minimum Gasteiger partial charge on any atom is -0.390 e. The van der Waals surface area contributed by atoms with Crippen LogP contribution in [0.1, 0.15) is 53.4 Å². The Morgan fingerprint density at radius 2 is 2.14 bits per heavy atom. The molecule has 2 heterocycles. The van der Waals surface area contributed by atoms with Crippen molar-refractivity contribution < 1.29 is 5.11 Å². The predicted octanol–water partition coefficient (Wildman–Crippen LogP) is 3.89. The van der Waals surface area contributed by atoms with Gasteiger partial charge in [0.2, 0.25) is 0 Å². The van der Waals surface area contributed by atoms with E-state index in [2.05, 4.69) is 15.6 Å². The highest BCUT2D eigenvalue weighted by Gasteiger charge is 2.29. The Labute approximate surface area is 171 Å². The number of hydrogen-bond acceptors (Lipinski definition) is 6. The van der Waals surface area contributed by atoms with Gasteiger partial charge in [-0.15, -0.1) is 0 Å². The van der Waals surface area contributed by atoms with Gasteiger partial charge in [0, 0.05) is 25.0 Å². The molecule has 0 unspecified atom stereocenters. The van der Waals surface area contributed by atoms with Crippen LogP contribution in [0.15, 0.2) is 40.0 Å². The van der Waals surface area contributed by atoms with Crippen molar-refractivity contribution in [3.05, 3.63) is 40.6 Å². The summed E-state index contributed by atoms with van der Waals surface area (Å²) in [6.45, 7) is 8.21. The van der Waals surface area contributed by atoms with Crippen molar-refractivity contribution in [2.45, 2.75) is 71.6 Å². The monoisotopic (exact) mass is 397 g/mol. The maximum absolute atomic E-state index is 13.0. The number of anilines is 2. The van der Waals surface area contributed by atoms with Gasteiger partial charge in [-0.05, 0) is 77.0 Å². The Balaban J connectivity index is 2.02. The molecule has 0 bridgehead atoms. The van der Waals surface area contributed by atoms with Gasteiger partial charge in [-0.3, -0.25) is 4.79 Å². The molecule has 1 fully saturated rings. The molecule has 0 amide bonds. The van der Waals surface area contributed by atoms with Crippen molar-refractivity contribution in [3.63, 3.8) is 0 Å². The molecule has 7 heteroatoms. The Morgan fingerprint density at radius 3 is 2.76 bits per heavy atom. The molecule has 1 saturated carbocycles. The average Bonchev–Trinajstić information content (AvgIpc) is 2.69. The fourth-order valence-electron chi connectivity index (χ4n) is 3.75. The van der Waals surface area contributed by atoms with Gasteiger partial charge in [-0.2, -0.15) is 0 Å². The quantitative estimate of drug-likeness (QED) is 0.643. The molecule has 0 aromatic carbocycles. The first kappa shape index (κ1) is 21.0. The third kappa shape index (κ3) is 4.85. The molecule has 0 spiro atoms. The highest BCUT2D eigenvalue weighted by atomic mass is 16.3. The fraction of sp³-hybridized carbons (Fsp3) is 0.500. The highest BCUT2D eigenvalue weighted by Crippen LogP contribution is 2.31. The number of nitrogens with zero attached hydrogens (tertiary/aromatic N) is 3. The zero-order valence-electron chi connectivity index (χ0n) is 17.7. The maximum Gasteiger partial charge on any atom is 0.262 e. The van der Waals surface area contributed by atoms with Crippen molar-refractivity contribution in [3.8, 4) is 0 Å². The number of nitrogens with one attached hydrogen (secondary N) is 2. The lowest BCUT2D eigenvalue weighted by molar-refractivity contribution is 0.0196. The van der Waals surface area contributed by atoms with Crippen LogP contribution in [0.3, 0.4) is 0 Å². The zero-order valence-corrected chi connectivity index (χ0v) is 17.7. The first-order chi connectivity index (χ1) is 13.9. The predicted molar refractivity (Wildman–Crippen MR) is 120 cm³/mol. The second-order valence-corrected chi connectivity index (χ2v) is 7.83. The molecule has 0 atom stereocenters. The normalized spacial score (nSPS) is 22.9. The number of allylic oxidation sites excluding steroid dienone is 1. The van der Waals surface area contributed by atoms with Crippen molar-refractivity contribution in [2.24, 2.45) is 4.99 Å². The van der Waals surface area contributed by atoms with Crippen molar-refractivity contribution in [1.82, 2.24) is 9.55 Å². The van der Waals surface area contributed by atoms with Crippen LogP contribution in [-0.2, 0) is 6.54 Å². The minimum atomic E-state index is -0.606. The SMILES string of the molecule is C/C=N\C(=C/C)Nc1cc2ccn(CC)c(=O)c2c(NC2CCC(C)(O)CC2)n1. The number of hydrogen-bond donors (Lipinski definition) is 3. The summed E-state index contributed by atoms with van der Waals surface area (Å²) >= 11 is 0. The number of aryl methyl sites for hydroxylation is 1. The maximum atomic E-state index is 13.0. The summed E-state index contributed by atoms with van der Waals surface area (Å²) in [4.78, 5) is 22.0.